The molecule has 0 aliphatic carbocycles. The SMILES string of the molecule is CC(N)C(=O)NC(C)C(=O)NC(Cc1c[nH]c2ccccc12)C(=O)O. The standard InChI is InChI=1S/C17H22N4O4/c1-9(18)15(22)20-10(2)16(23)21-14(17(24)25)7-11-8-19-13-6-4-3-5-12(11)13/h3-6,8-10,14,19H,7,18H2,1-2H3,(H,20,22)(H,21,23)(H,24,25). The third kappa shape index (κ3) is 4.57. The molecule has 2 amide bonds. The molecular formula is C17H22N4O4. The highest BCUT2D eigenvalue weighted by Gasteiger charge is 2.25. The van der Waals surface area contributed by atoms with E-state index in [1.165, 1.54) is 13.8 Å². The van der Waals surface area contributed by atoms with Gasteiger partial charge in [-0.25, -0.2) is 4.79 Å². The lowest BCUT2D eigenvalue weighted by molar-refractivity contribution is -0.142. The molecule has 0 fully saturated rings. The number of para-hydroxylation sites is 1. The van der Waals surface area contributed by atoms with Crippen LogP contribution in [0.5, 0.6) is 0 Å². The lowest BCUT2D eigenvalue weighted by Crippen LogP contribution is -2.53. The molecule has 1 aromatic heterocycles. The van der Waals surface area contributed by atoms with E-state index < -0.39 is 35.9 Å². The molecular weight excluding hydrogens is 324 g/mol. The van der Waals surface area contributed by atoms with Crippen molar-refractivity contribution >= 4 is 28.7 Å². The number of aromatic nitrogens is 1. The van der Waals surface area contributed by atoms with Crippen molar-refractivity contribution in [3.63, 3.8) is 0 Å². The summed E-state index contributed by atoms with van der Waals surface area (Å²) >= 11 is 0. The fourth-order valence-corrected chi connectivity index (χ4v) is 2.43. The number of carboxylic acids is 1. The number of amides is 2. The highest BCUT2D eigenvalue weighted by Crippen LogP contribution is 2.19. The summed E-state index contributed by atoms with van der Waals surface area (Å²) in [5.41, 5.74) is 7.12. The van der Waals surface area contributed by atoms with Crippen LogP contribution in [0.15, 0.2) is 30.5 Å². The van der Waals surface area contributed by atoms with Crippen LogP contribution in [-0.2, 0) is 20.8 Å². The predicted molar refractivity (Wildman–Crippen MR) is 92.8 cm³/mol. The van der Waals surface area contributed by atoms with E-state index >= 15 is 0 Å². The largest absolute Gasteiger partial charge is 0.480 e. The van der Waals surface area contributed by atoms with Gasteiger partial charge in [0.05, 0.1) is 6.04 Å². The van der Waals surface area contributed by atoms with Crippen molar-refractivity contribution in [2.45, 2.75) is 38.4 Å². The maximum absolute atomic E-state index is 12.2. The Hall–Kier alpha value is -2.87. The minimum atomic E-state index is -1.15. The van der Waals surface area contributed by atoms with Gasteiger partial charge >= 0.3 is 5.97 Å². The average Bonchev–Trinajstić information content (AvgIpc) is 2.97. The zero-order valence-corrected chi connectivity index (χ0v) is 14.1. The molecule has 1 aromatic carbocycles. The van der Waals surface area contributed by atoms with Crippen LogP contribution in [-0.4, -0.2) is 46.0 Å². The van der Waals surface area contributed by atoms with E-state index in [4.69, 9.17) is 5.73 Å². The molecule has 2 rings (SSSR count). The molecule has 0 aliphatic rings. The summed E-state index contributed by atoms with van der Waals surface area (Å²) in [6.07, 6.45) is 1.85. The lowest BCUT2D eigenvalue weighted by Gasteiger charge is -2.19. The molecule has 0 bridgehead atoms. The Balaban J connectivity index is 2.07. The second kappa shape index (κ2) is 7.80. The number of nitrogens with one attached hydrogen (secondary N) is 3. The minimum absolute atomic E-state index is 0.124. The molecule has 1 heterocycles. The molecule has 2 aromatic rings. The summed E-state index contributed by atoms with van der Waals surface area (Å²) in [6, 6.07) is 4.76. The van der Waals surface area contributed by atoms with Gasteiger partial charge in [-0.15, -0.1) is 0 Å². The lowest BCUT2D eigenvalue weighted by atomic mass is 10.0. The Morgan fingerprint density at radius 3 is 2.48 bits per heavy atom. The molecule has 3 atom stereocenters. The molecule has 8 nitrogen and oxygen atoms in total. The highest BCUT2D eigenvalue weighted by atomic mass is 16.4. The van der Waals surface area contributed by atoms with Crippen LogP contribution in [0.25, 0.3) is 10.9 Å². The molecule has 25 heavy (non-hydrogen) atoms. The minimum Gasteiger partial charge on any atom is -0.480 e. The number of rotatable bonds is 7. The van der Waals surface area contributed by atoms with E-state index in [1.54, 1.807) is 6.20 Å². The molecule has 6 N–H and O–H groups in total. The van der Waals surface area contributed by atoms with Crippen LogP contribution < -0.4 is 16.4 Å². The number of hydrogen-bond acceptors (Lipinski definition) is 4. The van der Waals surface area contributed by atoms with Crippen molar-refractivity contribution in [2.75, 3.05) is 0 Å². The van der Waals surface area contributed by atoms with Gasteiger partial charge in [0.1, 0.15) is 12.1 Å². The molecule has 8 heteroatoms. The number of hydrogen-bond donors (Lipinski definition) is 5. The molecule has 0 aliphatic heterocycles. The summed E-state index contributed by atoms with van der Waals surface area (Å²) in [6.45, 7) is 2.97. The Bertz CT molecular complexity index is 784. The first-order chi connectivity index (χ1) is 11.8. The van der Waals surface area contributed by atoms with Crippen molar-refractivity contribution in [3.8, 4) is 0 Å². The average molecular weight is 346 g/mol. The van der Waals surface area contributed by atoms with Crippen molar-refractivity contribution in [3.05, 3.63) is 36.0 Å². The summed E-state index contributed by atoms with van der Waals surface area (Å²) in [5.74, 6) is -2.21. The number of aliphatic carboxylic acids is 1. The normalized spacial score (nSPS) is 14.5. The van der Waals surface area contributed by atoms with Crippen molar-refractivity contribution in [1.82, 2.24) is 15.6 Å². The first-order valence-electron chi connectivity index (χ1n) is 7.93. The number of carboxylic acid groups (broad SMARTS) is 1. The Labute approximate surface area is 144 Å². The van der Waals surface area contributed by atoms with E-state index in [0.29, 0.717) is 0 Å². The van der Waals surface area contributed by atoms with Gasteiger partial charge in [0, 0.05) is 23.5 Å². The smallest absolute Gasteiger partial charge is 0.326 e. The number of aromatic amines is 1. The van der Waals surface area contributed by atoms with Gasteiger partial charge < -0.3 is 26.5 Å². The van der Waals surface area contributed by atoms with Crippen molar-refractivity contribution < 1.29 is 19.5 Å². The summed E-state index contributed by atoms with van der Waals surface area (Å²) in [5, 5.41) is 15.2. The summed E-state index contributed by atoms with van der Waals surface area (Å²) < 4.78 is 0. The highest BCUT2D eigenvalue weighted by molar-refractivity contribution is 5.91. The fraction of sp³-hybridized carbons (Fsp3) is 0.353. The summed E-state index contributed by atoms with van der Waals surface area (Å²) in [7, 11) is 0. The second-order valence-electron chi connectivity index (χ2n) is 5.98. The van der Waals surface area contributed by atoms with Crippen LogP contribution in [0.4, 0.5) is 0 Å². The monoisotopic (exact) mass is 346 g/mol. The van der Waals surface area contributed by atoms with Crippen LogP contribution >= 0.6 is 0 Å². The number of benzene rings is 1. The van der Waals surface area contributed by atoms with Gasteiger partial charge in [0.25, 0.3) is 0 Å². The van der Waals surface area contributed by atoms with E-state index in [-0.39, 0.29) is 6.42 Å². The van der Waals surface area contributed by atoms with Crippen molar-refractivity contribution in [1.29, 1.82) is 0 Å². The first-order valence-corrected chi connectivity index (χ1v) is 7.93. The Kier molecular flexibility index (Phi) is 5.76. The van der Waals surface area contributed by atoms with Crippen LogP contribution in [0.1, 0.15) is 19.4 Å². The molecule has 0 saturated heterocycles. The maximum Gasteiger partial charge on any atom is 0.326 e. The van der Waals surface area contributed by atoms with Gasteiger partial charge in [-0.1, -0.05) is 18.2 Å². The van der Waals surface area contributed by atoms with Gasteiger partial charge in [-0.05, 0) is 25.5 Å². The topological polar surface area (TPSA) is 137 Å². The number of carbonyl (C=O) groups is 3. The van der Waals surface area contributed by atoms with Gasteiger partial charge in [0.2, 0.25) is 11.8 Å². The zero-order valence-electron chi connectivity index (χ0n) is 14.1. The van der Waals surface area contributed by atoms with E-state index in [1.807, 2.05) is 24.3 Å². The quantitative estimate of drug-likeness (QED) is 0.485. The molecule has 0 saturated carbocycles. The van der Waals surface area contributed by atoms with Crippen molar-refractivity contribution in [2.24, 2.45) is 5.73 Å². The second-order valence-corrected chi connectivity index (χ2v) is 5.98. The van der Waals surface area contributed by atoms with Crippen LogP contribution in [0.3, 0.4) is 0 Å². The number of fused-ring (bicyclic) bond motifs is 1. The number of carbonyl (C=O) groups excluding carboxylic acids is 2. The van der Waals surface area contributed by atoms with Gasteiger partial charge in [0.15, 0.2) is 0 Å². The third-order valence-electron chi connectivity index (χ3n) is 3.88. The van der Waals surface area contributed by atoms with E-state index in [9.17, 15) is 19.5 Å². The predicted octanol–water partition coefficient (Wildman–Crippen LogP) is 0.132. The third-order valence-corrected chi connectivity index (χ3v) is 3.88. The van der Waals surface area contributed by atoms with Crippen LogP contribution in [0.2, 0.25) is 0 Å². The molecule has 3 unspecified atom stereocenters. The molecule has 134 valence electrons. The maximum atomic E-state index is 12.2. The number of H-pyrrole nitrogens is 1. The molecule has 0 spiro atoms. The van der Waals surface area contributed by atoms with E-state index in [2.05, 4.69) is 15.6 Å². The van der Waals surface area contributed by atoms with E-state index in [0.717, 1.165) is 16.5 Å². The molecule has 0 radical (unpaired) electrons. The fourth-order valence-electron chi connectivity index (χ4n) is 2.43. The first kappa shape index (κ1) is 18.5. The Morgan fingerprint density at radius 2 is 1.84 bits per heavy atom. The van der Waals surface area contributed by atoms with Gasteiger partial charge in [-0.2, -0.15) is 0 Å². The summed E-state index contributed by atoms with van der Waals surface area (Å²) in [4.78, 5) is 38.3. The number of nitrogens with two attached hydrogens (primary N) is 1. The van der Waals surface area contributed by atoms with Gasteiger partial charge in [-0.3, -0.25) is 9.59 Å². The van der Waals surface area contributed by atoms with Crippen LogP contribution in [0, 0.1) is 0 Å². The Morgan fingerprint density at radius 1 is 1.16 bits per heavy atom. The zero-order chi connectivity index (χ0) is 18.6.